The van der Waals surface area contributed by atoms with E-state index >= 15 is 0 Å². The smallest absolute Gasteiger partial charge is 0.352 e. The highest BCUT2D eigenvalue weighted by atomic mass is 32.2. The lowest BCUT2D eigenvalue weighted by Gasteiger charge is -2.58. The number of carboxylic acid groups (broad SMARTS) is 1. The van der Waals surface area contributed by atoms with Crippen LogP contribution in [0.15, 0.2) is 41.6 Å². The third-order valence-corrected chi connectivity index (χ3v) is 7.22. The number of hydrogen-bond acceptors (Lipinski definition) is 4. The summed E-state index contributed by atoms with van der Waals surface area (Å²) in [4.78, 5) is 37.9. The average molecular weight is 372 g/mol. The van der Waals surface area contributed by atoms with Crippen molar-refractivity contribution in [1.29, 1.82) is 0 Å². The van der Waals surface area contributed by atoms with Crippen molar-refractivity contribution in [3.8, 4) is 0 Å². The Labute approximate surface area is 155 Å². The number of carboxylic acids is 1. The normalized spacial score (nSPS) is 28.5. The molecule has 7 heteroatoms. The molecule has 0 radical (unpaired) electrons. The largest absolute Gasteiger partial charge is 0.477 e. The highest BCUT2D eigenvalue weighted by Gasteiger charge is 2.61. The van der Waals surface area contributed by atoms with Crippen LogP contribution in [-0.4, -0.2) is 44.5 Å². The van der Waals surface area contributed by atoms with Crippen LogP contribution in [0.1, 0.15) is 25.8 Å². The molecule has 1 aromatic rings. The van der Waals surface area contributed by atoms with Gasteiger partial charge in [-0.05, 0) is 23.0 Å². The molecule has 6 nitrogen and oxygen atoms in total. The van der Waals surface area contributed by atoms with Crippen molar-refractivity contribution in [3.63, 3.8) is 0 Å². The molecule has 3 atom stereocenters. The third kappa shape index (κ3) is 2.53. The summed E-state index contributed by atoms with van der Waals surface area (Å²) in [6, 6.07) is 8.66. The molecule has 4 rings (SSSR count). The third-order valence-electron chi connectivity index (χ3n) is 5.26. The van der Waals surface area contributed by atoms with E-state index < -0.39 is 12.0 Å². The molecule has 1 saturated heterocycles. The maximum atomic E-state index is 12.5. The Morgan fingerprint density at radius 1 is 1.31 bits per heavy atom. The number of carbonyl (C=O) groups is 3. The summed E-state index contributed by atoms with van der Waals surface area (Å²) in [5.41, 5.74) is 1.84. The van der Waals surface area contributed by atoms with Crippen molar-refractivity contribution >= 4 is 29.5 Å². The average Bonchev–Trinajstić information content (AvgIpc) is 2.58. The van der Waals surface area contributed by atoms with E-state index in [9.17, 15) is 19.5 Å². The number of rotatable bonds is 4. The molecule has 26 heavy (non-hydrogen) atoms. The van der Waals surface area contributed by atoms with Gasteiger partial charge in [0.2, 0.25) is 5.91 Å². The molecule has 0 aromatic heterocycles. The zero-order valence-electron chi connectivity index (χ0n) is 14.6. The van der Waals surface area contributed by atoms with Crippen molar-refractivity contribution in [2.75, 3.05) is 0 Å². The van der Waals surface area contributed by atoms with Gasteiger partial charge in [-0.2, -0.15) is 0 Å². The van der Waals surface area contributed by atoms with Crippen LogP contribution in [0, 0.1) is 5.41 Å². The van der Waals surface area contributed by atoms with E-state index in [2.05, 4.69) is 19.2 Å². The van der Waals surface area contributed by atoms with Gasteiger partial charge in [0.15, 0.2) is 0 Å². The van der Waals surface area contributed by atoms with Crippen molar-refractivity contribution in [3.05, 3.63) is 47.2 Å². The number of hydrogen-bond donors (Lipinski definition) is 2. The summed E-state index contributed by atoms with van der Waals surface area (Å²) >= 11 is 1.59. The number of nitrogens with one attached hydrogen (secondary N) is 1. The first-order chi connectivity index (χ1) is 12.3. The van der Waals surface area contributed by atoms with Gasteiger partial charge in [0, 0.05) is 5.25 Å². The Kier molecular flexibility index (Phi) is 3.87. The lowest BCUT2D eigenvalue weighted by molar-refractivity contribution is -0.151. The molecule has 2 heterocycles. The van der Waals surface area contributed by atoms with Crippen molar-refractivity contribution < 1.29 is 19.5 Å². The number of benzene rings is 1. The van der Waals surface area contributed by atoms with Gasteiger partial charge in [-0.25, -0.2) is 4.79 Å². The maximum Gasteiger partial charge on any atom is 0.352 e. The van der Waals surface area contributed by atoms with Gasteiger partial charge < -0.3 is 10.4 Å². The molecule has 1 aliphatic carbocycles. The number of β-lactam (4-membered cyclic amide) rings is 1. The van der Waals surface area contributed by atoms with Gasteiger partial charge in [-0.15, -0.1) is 11.8 Å². The van der Waals surface area contributed by atoms with E-state index in [-0.39, 0.29) is 40.0 Å². The van der Waals surface area contributed by atoms with Crippen LogP contribution in [0.3, 0.4) is 0 Å². The Hall–Kier alpha value is -2.28. The summed E-state index contributed by atoms with van der Waals surface area (Å²) in [6.45, 7) is 4.21. The molecule has 3 aliphatic rings. The van der Waals surface area contributed by atoms with Crippen molar-refractivity contribution in [2.45, 2.75) is 43.4 Å². The second-order valence-electron chi connectivity index (χ2n) is 7.67. The second kappa shape index (κ2) is 5.87. The zero-order chi connectivity index (χ0) is 18.6. The monoisotopic (exact) mass is 372 g/mol. The van der Waals surface area contributed by atoms with Gasteiger partial charge in [0.1, 0.15) is 17.1 Å². The number of nitrogens with zero attached hydrogens (tertiary/aromatic N) is 1. The second-order valence-corrected chi connectivity index (χ2v) is 8.89. The van der Waals surface area contributed by atoms with E-state index in [0.717, 1.165) is 11.1 Å². The number of amides is 2. The molecule has 1 saturated carbocycles. The van der Waals surface area contributed by atoms with E-state index in [1.165, 1.54) is 4.90 Å². The summed E-state index contributed by atoms with van der Waals surface area (Å²) in [5, 5.41) is 12.1. The van der Waals surface area contributed by atoms with Crippen LogP contribution in [0.5, 0.6) is 0 Å². The predicted octanol–water partition coefficient (Wildman–Crippen LogP) is 1.77. The SMILES string of the molecule is CC1(C)CC2=C(C(=O)O)N3C(=O)[C@@H](NC(=O)Cc4ccccc4)[C@H]3S[C@H]21. The van der Waals surface area contributed by atoms with Gasteiger partial charge in [-0.3, -0.25) is 14.5 Å². The number of aliphatic carboxylic acids is 1. The summed E-state index contributed by atoms with van der Waals surface area (Å²) in [5.74, 6) is -1.63. The quantitative estimate of drug-likeness (QED) is 0.787. The fourth-order valence-electron chi connectivity index (χ4n) is 4.01. The van der Waals surface area contributed by atoms with Crippen LogP contribution >= 0.6 is 11.8 Å². The van der Waals surface area contributed by atoms with Crippen molar-refractivity contribution in [2.24, 2.45) is 5.41 Å². The first kappa shape index (κ1) is 17.1. The number of fused-ring (bicyclic) bond motifs is 2. The molecular weight excluding hydrogens is 352 g/mol. The van der Waals surface area contributed by atoms with Crippen LogP contribution in [0.25, 0.3) is 0 Å². The molecule has 2 N–H and O–H groups in total. The first-order valence-electron chi connectivity index (χ1n) is 8.58. The standard InChI is InChI=1S/C19H20N2O4S/c1-19(2)9-11-14(18(24)25)21-16(23)13(17(21)26-15(11)19)20-12(22)8-10-6-4-3-5-7-10/h3-7,13,15,17H,8-9H2,1-2H3,(H,20,22)(H,24,25)/t13-,15-,17-/m1/s1. The lowest BCUT2D eigenvalue weighted by atomic mass is 9.66. The van der Waals surface area contributed by atoms with Crippen LogP contribution in [0.4, 0.5) is 0 Å². The Morgan fingerprint density at radius 2 is 2.00 bits per heavy atom. The number of carbonyl (C=O) groups excluding carboxylic acids is 2. The Bertz CT molecular complexity index is 833. The zero-order valence-corrected chi connectivity index (χ0v) is 15.4. The van der Waals surface area contributed by atoms with E-state index in [1.54, 1.807) is 11.8 Å². The highest BCUT2D eigenvalue weighted by Crippen LogP contribution is 2.59. The molecule has 136 valence electrons. The summed E-state index contributed by atoms with van der Waals surface area (Å²) < 4.78 is 0. The first-order valence-corrected chi connectivity index (χ1v) is 9.52. The highest BCUT2D eigenvalue weighted by molar-refractivity contribution is 8.01. The molecular formula is C19H20N2O4S. The fraction of sp³-hybridized carbons (Fsp3) is 0.421. The van der Waals surface area contributed by atoms with Gasteiger partial charge >= 0.3 is 5.97 Å². The molecule has 2 fully saturated rings. The van der Waals surface area contributed by atoms with Crippen LogP contribution in [0.2, 0.25) is 0 Å². The molecule has 0 unspecified atom stereocenters. The van der Waals surface area contributed by atoms with Gasteiger partial charge in [-0.1, -0.05) is 44.2 Å². The maximum absolute atomic E-state index is 12.5. The summed E-state index contributed by atoms with van der Waals surface area (Å²) in [6.07, 6.45) is 0.887. The van der Waals surface area contributed by atoms with E-state index in [4.69, 9.17) is 0 Å². The summed E-state index contributed by atoms with van der Waals surface area (Å²) in [7, 11) is 0. The van der Waals surface area contributed by atoms with Crippen LogP contribution < -0.4 is 5.32 Å². The lowest BCUT2D eigenvalue weighted by Crippen LogP contribution is -2.72. The Morgan fingerprint density at radius 3 is 2.62 bits per heavy atom. The molecule has 2 aliphatic heterocycles. The minimum atomic E-state index is -1.06. The minimum Gasteiger partial charge on any atom is -0.477 e. The van der Waals surface area contributed by atoms with Crippen LogP contribution in [-0.2, 0) is 20.8 Å². The minimum absolute atomic E-state index is 0.00399. The topological polar surface area (TPSA) is 86.7 Å². The molecule has 1 aromatic carbocycles. The van der Waals surface area contributed by atoms with Gasteiger partial charge in [0.05, 0.1) is 6.42 Å². The van der Waals surface area contributed by atoms with Gasteiger partial charge in [0.25, 0.3) is 5.91 Å². The van der Waals surface area contributed by atoms with Crippen molar-refractivity contribution in [1.82, 2.24) is 10.2 Å². The van der Waals surface area contributed by atoms with E-state index in [1.807, 2.05) is 30.3 Å². The predicted molar refractivity (Wildman–Crippen MR) is 97.1 cm³/mol. The molecule has 0 spiro atoms. The Balaban J connectivity index is 1.51. The molecule has 0 bridgehead atoms. The molecule has 2 amide bonds. The fourth-order valence-corrected chi connectivity index (χ4v) is 5.77. The van der Waals surface area contributed by atoms with E-state index in [0.29, 0.717) is 6.42 Å². The number of thioether (sulfide) groups is 1.